The van der Waals surface area contributed by atoms with E-state index in [0.717, 1.165) is 0 Å². The van der Waals surface area contributed by atoms with Gasteiger partial charge >= 0.3 is 6.03 Å². The minimum absolute atomic E-state index is 0.0428. The number of hydrogen-bond acceptors (Lipinski definition) is 3. The maximum atomic E-state index is 12.1. The summed E-state index contributed by atoms with van der Waals surface area (Å²) >= 11 is 0. The highest BCUT2D eigenvalue weighted by Gasteiger charge is 2.24. The van der Waals surface area contributed by atoms with Crippen LogP contribution in [0.4, 0.5) is 4.79 Å². The highest BCUT2D eigenvalue weighted by atomic mass is 16.5. The predicted molar refractivity (Wildman–Crippen MR) is 68.3 cm³/mol. The molecule has 1 aliphatic rings. The van der Waals surface area contributed by atoms with Crippen molar-refractivity contribution in [3.63, 3.8) is 0 Å². The summed E-state index contributed by atoms with van der Waals surface area (Å²) in [6.45, 7) is 9.18. The van der Waals surface area contributed by atoms with Crippen molar-refractivity contribution >= 4 is 11.9 Å². The normalized spacial score (nSPS) is 17.2. The second-order valence-corrected chi connectivity index (χ2v) is 4.28. The quantitative estimate of drug-likeness (QED) is 0.787. The fourth-order valence-electron chi connectivity index (χ4n) is 1.91. The van der Waals surface area contributed by atoms with Crippen LogP contribution in [-0.4, -0.2) is 67.2 Å². The Morgan fingerprint density at radius 1 is 1.28 bits per heavy atom. The Bertz CT molecular complexity index is 286. The molecule has 1 rings (SSSR count). The molecule has 1 N–H and O–H groups in total. The summed E-state index contributed by atoms with van der Waals surface area (Å²) < 4.78 is 5.19. The zero-order valence-electron chi connectivity index (χ0n) is 11.4. The van der Waals surface area contributed by atoms with E-state index in [4.69, 9.17) is 4.74 Å². The van der Waals surface area contributed by atoms with Crippen molar-refractivity contribution < 1.29 is 14.3 Å². The van der Waals surface area contributed by atoms with E-state index in [-0.39, 0.29) is 11.9 Å². The summed E-state index contributed by atoms with van der Waals surface area (Å²) in [7, 11) is 0. The fraction of sp³-hybridized carbons (Fsp3) is 0.833. The number of rotatable bonds is 4. The molecule has 0 spiro atoms. The zero-order valence-corrected chi connectivity index (χ0v) is 11.4. The second kappa shape index (κ2) is 7.20. The first-order chi connectivity index (χ1) is 8.60. The minimum atomic E-state index is -0.490. The van der Waals surface area contributed by atoms with Crippen LogP contribution in [-0.2, 0) is 9.53 Å². The SMILES string of the molecule is CCN(CC)C(=O)N[C@@H](C)C(=O)N1CCOCC1. The maximum Gasteiger partial charge on any atom is 0.318 e. The van der Waals surface area contributed by atoms with Crippen LogP contribution in [0.3, 0.4) is 0 Å². The molecule has 1 atom stereocenters. The van der Waals surface area contributed by atoms with Gasteiger partial charge in [-0.25, -0.2) is 4.79 Å². The van der Waals surface area contributed by atoms with Gasteiger partial charge in [0.1, 0.15) is 6.04 Å². The molecule has 1 heterocycles. The summed E-state index contributed by atoms with van der Waals surface area (Å²) in [5.74, 6) is -0.0428. The summed E-state index contributed by atoms with van der Waals surface area (Å²) in [6, 6.07) is -0.676. The van der Waals surface area contributed by atoms with E-state index in [0.29, 0.717) is 39.4 Å². The zero-order chi connectivity index (χ0) is 13.5. The first-order valence-corrected chi connectivity index (χ1v) is 6.52. The van der Waals surface area contributed by atoms with Crippen LogP contribution >= 0.6 is 0 Å². The molecule has 1 saturated heterocycles. The number of hydrogen-bond donors (Lipinski definition) is 1. The number of nitrogens with zero attached hydrogens (tertiary/aromatic N) is 2. The summed E-state index contributed by atoms with van der Waals surface area (Å²) in [4.78, 5) is 27.3. The minimum Gasteiger partial charge on any atom is -0.378 e. The molecule has 1 aliphatic heterocycles. The topological polar surface area (TPSA) is 61.9 Å². The van der Waals surface area contributed by atoms with Gasteiger partial charge < -0.3 is 19.9 Å². The fourth-order valence-corrected chi connectivity index (χ4v) is 1.91. The molecule has 0 aromatic rings. The summed E-state index contributed by atoms with van der Waals surface area (Å²) in [6.07, 6.45) is 0. The molecule has 6 heteroatoms. The van der Waals surface area contributed by atoms with E-state index < -0.39 is 6.04 Å². The Kier molecular flexibility index (Phi) is 5.91. The van der Waals surface area contributed by atoms with Gasteiger partial charge in [-0.2, -0.15) is 0 Å². The first-order valence-electron chi connectivity index (χ1n) is 6.52. The van der Waals surface area contributed by atoms with Gasteiger partial charge in [-0.05, 0) is 20.8 Å². The van der Waals surface area contributed by atoms with Gasteiger partial charge in [0, 0.05) is 26.2 Å². The molecular formula is C12H23N3O3. The number of amides is 3. The van der Waals surface area contributed by atoms with Crippen molar-refractivity contribution in [1.29, 1.82) is 0 Å². The van der Waals surface area contributed by atoms with Crippen LogP contribution in [0.1, 0.15) is 20.8 Å². The third-order valence-corrected chi connectivity index (χ3v) is 3.08. The molecule has 0 aromatic heterocycles. The second-order valence-electron chi connectivity index (χ2n) is 4.28. The highest BCUT2D eigenvalue weighted by molar-refractivity contribution is 5.86. The van der Waals surface area contributed by atoms with Gasteiger partial charge in [0.05, 0.1) is 13.2 Å². The molecule has 0 bridgehead atoms. The molecule has 0 aromatic carbocycles. The van der Waals surface area contributed by atoms with Gasteiger partial charge in [0.15, 0.2) is 0 Å². The van der Waals surface area contributed by atoms with Crippen molar-refractivity contribution in [3.8, 4) is 0 Å². The van der Waals surface area contributed by atoms with Crippen molar-refractivity contribution in [2.45, 2.75) is 26.8 Å². The van der Waals surface area contributed by atoms with Crippen LogP contribution in [0, 0.1) is 0 Å². The smallest absolute Gasteiger partial charge is 0.318 e. The average molecular weight is 257 g/mol. The van der Waals surface area contributed by atoms with Gasteiger partial charge in [0.25, 0.3) is 0 Å². The van der Waals surface area contributed by atoms with Crippen LogP contribution < -0.4 is 5.32 Å². The molecule has 0 unspecified atom stereocenters. The number of nitrogens with one attached hydrogen (secondary N) is 1. The highest BCUT2D eigenvalue weighted by Crippen LogP contribution is 2.01. The first kappa shape index (κ1) is 14.8. The van der Waals surface area contributed by atoms with E-state index in [1.165, 1.54) is 0 Å². The number of urea groups is 1. The maximum absolute atomic E-state index is 12.1. The van der Waals surface area contributed by atoms with Gasteiger partial charge in [-0.3, -0.25) is 4.79 Å². The van der Waals surface area contributed by atoms with E-state index in [1.807, 2.05) is 13.8 Å². The number of morpholine rings is 1. The standard InChI is InChI=1S/C12H23N3O3/c1-4-14(5-2)12(17)13-10(3)11(16)15-6-8-18-9-7-15/h10H,4-9H2,1-3H3,(H,13,17)/t10-/m0/s1. The number of carbonyl (C=O) groups is 2. The molecule has 0 saturated carbocycles. The van der Waals surface area contributed by atoms with Crippen molar-refractivity contribution in [3.05, 3.63) is 0 Å². The molecule has 0 aliphatic carbocycles. The van der Waals surface area contributed by atoms with E-state index in [2.05, 4.69) is 5.32 Å². The lowest BCUT2D eigenvalue weighted by molar-refractivity contribution is -0.136. The van der Waals surface area contributed by atoms with Crippen LogP contribution in [0.5, 0.6) is 0 Å². The molecule has 0 radical (unpaired) electrons. The molecule has 18 heavy (non-hydrogen) atoms. The van der Waals surface area contributed by atoms with E-state index >= 15 is 0 Å². The Labute approximate surface area is 108 Å². The Morgan fingerprint density at radius 3 is 2.33 bits per heavy atom. The van der Waals surface area contributed by atoms with Gasteiger partial charge in [0.2, 0.25) is 5.91 Å². The third kappa shape index (κ3) is 3.87. The Morgan fingerprint density at radius 2 is 1.83 bits per heavy atom. The Hall–Kier alpha value is -1.30. The lowest BCUT2D eigenvalue weighted by atomic mass is 10.2. The third-order valence-electron chi connectivity index (χ3n) is 3.08. The van der Waals surface area contributed by atoms with Gasteiger partial charge in [-0.1, -0.05) is 0 Å². The lowest BCUT2D eigenvalue weighted by Crippen LogP contribution is -2.53. The lowest BCUT2D eigenvalue weighted by Gasteiger charge is -2.30. The van der Waals surface area contributed by atoms with Crippen molar-refractivity contribution in [1.82, 2.24) is 15.1 Å². The monoisotopic (exact) mass is 257 g/mol. The molecule has 1 fully saturated rings. The van der Waals surface area contributed by atoms with Crippen molar-refractivity contribution in [2.75, 3.05) is 39.4 Å². The number of ether oxygens (including phenoxy) is 1. The Balaban J connectivity index is 2.45. The molecule has 104 valence electrons. The van der Waals surface area contributed by atoms with Gasteiger partial charge in [-0.15, -0.1) is 0 Å². The van der Waals surface area contributed by atoms with Crippen LogP contribution in [0.25, 0.3) is 0 Å². The molecule has 3 amide bonds. The van der Waals surface area contributed by atoms with Crippen LogP contribution in [0.2, 0.25) is 0 Å². The van der Waals surface area contributed by atoms with E-state index in [1.54, 1.807) is 16.7 Å². The number of carbonyl (C=O) groups excluding carboxylic acids is 2. The van der Waals surface area contributed by atoms with E-state index in [9.17, 15) is 9.59 Å². The summed E-state index contributed by atoms with van der Waals surface area (Å²) in [5.41, 5.74) is 0. The predicted octanol–water partition coefficient (Wildman–Crippen LogP) is 0.285. The average Bonchev–Trinajstić information content (AvgIpc) is 2.40. The van der Waals surface area contributed by atoms with Crippen LogP contribution in [0.15, 0.2) is 0 Å². The summed E-state index contributed by atoms with van der Waals surface area (Å²) in [5, 5.41) is 2.73. The largest absolute Gasteiger partial charge is 0.378 e. The van der Waals surface area contributed by atoms with Crippen molar-refractivity contribution in [2.24, 2.45) is 0 Å². The molecule has 6 nitrogen and oxygen atoms in total. The molecular weight excluding hydrogens is 234 g/mol.